The molecule has 4 heterocycles. The zero-order valence-electron chi connectivity index (χ0n) is 18.7. The lowest BCUT2D eigenvalue weighted by Gasteiger charge is -2.21. The van der Waals surface area contributed by atoms with E-state index in [1.54, 1.807) is 17.6 Å². The second-order valence-electron chi connectivity index (χ2n) is 8.15. The monoisotopic (exact) mass is 452 g/mol. The Morgan fingerprint density at radius 2 is 2.12 bits per heavy atom. The number of hydrogen-bond acceptors (Lipinski definition) is 7. The minimum atomic E-state index is -0.113. The second-order valence-corrected chi connectivity index (χ2v) is 8.98. The molecule has 0 radical (unpaired) electrons. The molecule has 0 saturated carbocycles. The van der Waals surface area contributed by atoms with E-state index in [9.17, 15) is 10.1 Å². The third kappa shape index (κ3) is 4.71. The molecule has 1 aliphatic heterocycles. The van der Waals surface area contributed by atoms with Gasteiger partial charge in [-0.1, -0.05) is 0 Å². The summed E-state index contributed by atoms with van der Waals surface area (Å²) in [5.74, 6) is 1.20. The average Bonchev–Trinajstić information content (AvgIpc) is 3.44. The Labute approximate surface area is 192 Å². The first-order valence-corrected chi connectivity index (χ1v) is 11.7. The number of furan rings is 1. The second kappa shape index (κ2) is 9.59. The summed E-state index contributed by atoms with van der Waals surface area (Å²) in [6.45, 7) is 10.1. The summed E-state index contributed by atoms with van der Waals surface area (Å²) in [4.78, 5) is 22.0. The predicted molar refractivity (Wildman–Crippen MR) is 125 cm³/mol. The molecular formula is C23H28N6O2S. The van der Waals surface area contributed by atoms with Crippen molar-refractivity contribution in [2.75, 3.05) is 42.9 Å². The van der Waals surface area contributed by atoms with Crippen LogP contribution in [0.2, 0.25) is 0 Å². The lowest BCUT2D eigenvalue weighted by atomic mass is 10.2. The van der Waals surface area contributed by atoms with Crippen molar-refractivity contribution in [1.29, 1.82) is 5.26 Å². The summed E-state index contributed by atoms with van der Waals surface area (Å²) in [7, 11) is 0. The number of thiazole rings is 1. The minimum absolute atomic E-state index is 0.113. The third-order valence-electron chi connectivity index (χ3n) is 5.93. The van der Waals surface area contributed by atoms with Gasteiger partial charge in [-0.2, -0.15) is 5.26 Å². The van der Waals surface area contributed by atoms with E-state index in [1.165, 1.54) is 0 Å². The van der Waals surface area contributed by atoms with Gasteiger partial charge in [0.05, 0.1) is 30.6 Å². The summed E-state index contributed by atoms with van der Waals surface area (Å²) in [6.07, 6.45) is 2.60. The number of carbonyl (C=O) groups excluding carboxylic acids is 1. The highest BCUT2D eigenvalue weighted by atomic mass is 32.1. The van der Waals surface area contributed by atoms with Crippen LogP contribution in [-0.2, 0) is 11.3 Å². The van der Waals surface area contributed by atoms with Crippen molar-refractivity contribution >= 4 is 28.2 Å². The van der Waals surface area contributed by atoms with Gasteiger partial charge >= 0.3 is 0 Å². The fourth-order valence-electron chi connectivity index (χ4n) is 4.07. The zero-order valence-corrected chi connectivity index (χ0v) is 19.5. The highest BCUT2D eigenvalue weighted by Gasteiger charge is 2.23. The maximum Gasteiger partial charge on any atom is 0.239 e. The number of amides is 1. The molecule has 4 rings (SSSR count). The van der Waals surface area contributed by atoms with Gasteiger partial charge < -0.3 is 19.2 Å². The number of hydrogen-bond donors (Lipinski definition) is 1. The number of nitrogens with one attached hydrogen (secondary N) is 1. The SMILES string of the molecule is Cc1csc(N2CCCN(CC(=O)Nc3c(C#N)c(C)c(C)n3Cc3ccco3)CC2)n1. The van der Waals surface area contributed by atoms with E-state index in [-0.39, 0.29) is 5.91 Å². The molecule has 1 amide bonds. The topological polar surface area (TPSA) is 90.3 Å². The molecule has 0 aromatic carbocycles. The van der Waals surface area contributed by atoms with Crippen LogP contribution in [0.1, 0.15) is 34.7 Å². The number of anilines is 2. The van der Waals surface area contributed by atoms with Gasteiger partial charge in [0, 0.05) is 37.3 Å². The van der Waals surface area contributed by atoms with Crippen LogP contribution < -0.4 is 10.2 Å². The van der Waals surface area contributed by atoms with Gasteiger partial charge in [-0.05, 0) is 44.9 Å². The van der Waals surface area contributed by atoms with E-state index in [2.05, 4.69) is 31.5 Å². The number of aryl methyl sites for hydroxylation is 1. The molecule has 1 aliphatic rings. The van der Waals surface area contributed by atoms with Crippen LogP contribution in [0.25, 0.3) is 0 Å². The number of rotatable bonds is 6. The molecule has 0 bridgehead atoms. The maximum absolute atomic E-state index is 13.0. The summed E-state index contributed by atoms with van der Waals surface area (Å²) < 4.78 is 7.43. The van der Waals surface area contributed by atoms with E-state index in [1.807, 2.05) is 37.5 Å². The van der Waals surface area contributed by atoms with Crippen LogP contribution in [0.5, 0.6) is 0 Å². The fraction of sp³-hybridized carbons (Fsp3) is 0.435. The summed E-state index contributed by atoms with van der Waals surface area (Å²) in [6, 6.07) is 5.98. The van der Waals surface area contributed by atoms with Crippen molar-refractivity contribution in [3.05, 3.63) is 52.1 Å². The van der Waals surface area contributed by atoms with Crippen LogP contribution in [0.3, 0.4) is 0 Å². The molecule has 9 heteroatoms. The van der Waals surface area contributed by atoms with Gasteiger partial charge in [0.2, 0.25) is 5.91 Å². The molecule has 0 spiro atoms. The Morgan fingerprint density at radius 1 is 1.28 bits per heavy atom. The Balaban J connectivity index is 1.44. The van der Waals surface area contributed by atoms with Gasteiger partial charge in [0.1, 0.15) is 17.6 Å². The van der Waals surface area contributed by atoms with Crippen molar-refractivity contribution in [3.8, 4) is 6.07 Å². The largest absolute Gasteiger partial charge is 0.467 e. The van der Waals surface area contributed by atoms with E-state index >= 15 is 0 Å². The summed E-state index contributed by atoms with van der Waals surface area (Å²) in [5, 5.41) is 15.8. The molecule has 0 unspecified atom stereocenters. The van der Waals surface area contributed by atoms with E-state index < -0.39 is 0 Å². The van der Waals surface area contributed by atoms with Gasteiger partial charge in [0.15, 0.2) is 5.13 Å². The first-order valence-electron chi connectivity index (χ1n) is 10.8. The first-order chi connectivity index (χ1) is 15.5. The highest BCUT2D eigenvalue weighted by Crippen LogP contribution is 2.27. The molecule has 1 fully saturated rings. The molecule has 3 aromatic rings. The van der Waals surface area contributed by atoms with Crippen molar-refractivity contribution < 1.29 is 9.21 Å². The van der Waals surface area contributed by atoms with Crippen LogP contribution in [0, 0.1) is 32.1 Å². The molecule has 1 N–H and O–H groups in total. The van der Waals surface area contributed by atoms with Crippen LogP contribution in [0.4, 0.5) is 10.9 Å². The van der Waals surface area contributed by atoms with Crippen molar-refractivity contribution in [1.82, 2.24) is 14.5 Å². The number of carbonyl (C=O) groups is 1. The highest BCUT2D eigenvalue weighted by molar-refractivity contribution is 7.13. The minimum Gasteiger partial charge on any atom is -0.467 e. The Morgan fingerprint density at radius 3 is 2.81 bits per heavy atom. The Bertz CT molecular complexity index is 1120. The predicted octanol–water partition coefficient (Wildman–Crippen LogP) is 3.53. The molecule has 32 heavy (non-hydrogen) atoms. The van der Waals surface area contributed by atoms with Gasteiger partial charge in [-0.15, -0.1) is 11.3 Å². The number of aromatic nitrogens is 2. The third-order valence-corrected chi connectivity index (χ3v) is 6.95. The zero-order chi connectivity index (χ0) is 22.7. The summed E-state index contributed by atoms with van der Waals surface area (Å²) >= 11 is 1.67. The van der Waals surface area contributed by atoms with Crippen molar-refractivity contribution in [3.63, 3.8) is 0 Å². The number of nitrogens with zero attached hydrogens (tertiary/aromatic N) is 5. The maximum atomic E-state index is 13.0. The average molecular weight is 453 g/mol. The normalized spacial score (nSPS) is 14.9. The Kier molecular flexibility index (Phi) is 6.63. The van der Waals surface area contributed by atoms with Crippen molar-refractivity contribution in [2.24, 2.45) is 0 Å². The van der Waals surface area contributed by atoms with Crippen LogP contribution >= 0.6 is 11.3 Å². The van der Waals surface area contributed by atoms with Gasteiger partial charge in [-0.25, -0.2) is 4.98 Å². The van der Waals surface area contributed by atoms with Crippen molar-refractivity contribution in [2.45, 2.75) is 33.7 Å². The molecule has 0 aliphatic carbocycles. The fourth-order valence-corrected chi connectivity index (χ4v) is 4.93. The summed E-state index contributed by atoms with van der Waals surface area (Å²) in [5.41, 5.74) is 3.36. The molecule has 0 atom stereocenters. The number of nitriles is 1. The quantitative estimate of drug-likeness (QED) is 0.615. The van der Waals surface area contributed by atoms with Crippen LogP contribution in [-0.4, -0.2) is 53.1 Å². The Hall–Kier alpha value is -3.09. The smallest absolute Gasteiger partial charge is 0.239 e. The van der Waals surface area contributed by atoms with Gasteiger partial charge in [-0.3, -0.25) is 9.69 Å². The molecule has 1 saturated heterocycles. The lowest BCUT2D eigenvalue weighted by Crippen LogP contribution is -2.36. The van der Waals surface area contributed by atoms with Crippen LogP contribution in [0.15, 0.2) is 28.2 Å². The lowest BCUT2D eigenvalue weighted by molar-refractivity contribution is -0.117. The molecule has 3 aromatic heterocycles. The first kappa shape index (κ1) is 22.1. The molecular weight excluding hydrogens is 424 g/mol. The van der Waals surface area contributed by atoms with E-state index in [0.29, 0.717) is 24.5 Å². The molecule has 8 nitrogen and oxygen atoms in total. The standard InChI is InChI=1S/C23H28N6O2S/c1-16-15-32-23(25-16)28-8-5-7-27(9-10-28)14-21(30)26-22-20(12-24)17(2)18(3)29(22)13-19-6-4-11-31-19/h4,6,11,15H,5,7-10,13-14H2,1-3H3,(H,26,30). The van der Waals surface area contributed by atoms with Gasteiger partial charge in [0.25, 0.3) is 0 Å². The van der Waals surface area contributed by atoms with E-state index in [4.69, 9.17) is 4.42 Å². The van der Waals surface area contributed by atoms with E-state index in [0.717, 1.165) is 60.4 Å². The molecule has 168 valence electrons.